The maximum Gasteiger partial charge on any atom is 0.289 e. The molecule has 3 aromatic rings. The lowest BCUT2D eigenvalue weighted by molar-refractivity contribution is 0.0846. The van der Waals surface area contributed by atoms with E-state index < -0.39 is 5.91 Å². The van der Waals surface area contributed by atoms with E-state index in [4.69, 9.17) is 4.74 Å². The molecule has 1 aliphatic heterocycles. The molecule has 2 amide bonds. The fourth-order valence-corrected chi connectivity index (χ4v) is 4.86. The Hall–Kier alpha value is -2.49. The highest BCUT2D eigenvalue weighted by molar-refractivity contribution is 7.21. The zero-order valence-electron chi connectivity index (χ0n) is 14.7. The average molecular weight is 403 g/mol. The van der Waals surface area contributed by atoms with E-state index in [1.54, 1.807) is 5.38 Å². The molecule has 0 bridgehead atoms. The number of aryl methyl sites for hydroxylation is 1. The minimum atomic E-state index is -0.433. The summed E-state index contributed by atoms with van der Waals surface area (Å²) < 4.78 is 6.37. The molecular formula is C18H18N4O3S2. The predicted octanol–water partition coefficient (Wildman–Crippen LogP) is 2.58. The number of thiazole rings is 1. The molecule has 7 nitrogen and oxygen atoms in total. The second kappa shape index (κ2) is 7.63. The monoisotopic (exact) mass is 402 g/mol. The van der Waals surface area contributed by atoms with Gasteiger partial charge in [0.25, 0.3) is 11.8 Å². The summed E-state index contributed by atoms with van der Waals surface area (Å²) in [7, 11) is 0. The number of nitrogens with zero attached hydrogens (tertiary/aromatic N) is 2. The van der Waals surface area contributed by atoms with E-state index in [0.717, 1.165) is 33.9 Å². The third-order valence-corrected chi connectivity index (χ3v) is 6.52. The lowest BCUT2D eigenvalue weighted by atomic mass is 10.1. The number of carbonyl (C=O) groups excluding carboxylic acids is 2. The topological polar surface area (TPSA) is 83.6 Å². The third-order valence-electron chi connectivity index (χ3n) is 4.35. The van der Waals surface area contributed by atoms with Crippen LogP contribution in [0.3, 0.4) is 0 Å². The second-order valence-electron chi connectivity index (χ2n) is 6.08. The number of hydrogen-bond donors (Lipinski definition) is 2. The number of rotatable bonds is 3. The largest absolute Gasteiger partial charge is 0.378 e. The van der Waals surface area contributed by atoms with Gasteiger partial charge in [0.1, 0.15) is 5.69 Å². The number of hydrogen-bond acceptors (Lipinski definition) is 7. The Kier molecular flexibility index (Phi) is 5.06. The molecule has 0 spiro atoms. The summed E-state index contributed by atoms with van der Waals surface area (Å²) in [6.07, 6.45) is 0. The minimum Gasteiger partial charge on any atom is -0.378 e. The zero-order chi connectivity index (χ0) is 18.8. The van der Waals surface area contributed by atoms with Gasteiger partial charge in [0.15, 0.2) is 5.13 Å². The number of morpholine rings is 1. The molecule has 1 saturated heterocycles. The van der Waals surface area contributed by atoms with Crippen LogP contribution in [0.5, 0.6) is 0 Å². The number of carbonyl (C=O) groups is 2. The zero-order valence-corrected chi connectivity index (χ0v) is 16.3. The first kappa shape index (κ1) is 17.9. The van der Waals surface area contributed by atoms with Crippen LogP contribution in [0.2, 0.25) is 0 Å². The molecule has 0 saturated carbocycles. The standard InChI is InChI=1S/C18H18N4O3S2/c1-11-12-4-2-3-5-14(12)27-15(11)17(24)21-20-16(23)13-10-26-18(19-13)22-6-8-25-9-7-22/h2-5,10H,6-9H2,1H3,(H,20,23)(H,21,24). The maximum absolute atomic E-state index is 12.5. The SMILES string of the molecule is Cc1c(C(=O)NNC(=O)c2csc(N3CCOCC3)n2)sc2ccccc12. The van der Waals surface area contributed by atoms with Gasteiger partial charge in [-0.15, -0.1) is 22.7 Å². The Labute approximate surface area is 163 Å². The highest BCUT2D eigenvalue weighted by Gasteiger charge is 2.19. The van der Waals surface area contributed by atoms with E-state index in [9.17, 15) is 9.59 Å². The molecule has 2 N–H and O–H groups in total. The van der Waals surface area contributed by atoms with Crippen LogP contribution in [-0.2, 0) is 4.74 Å². The summed E-state index contributed by atoms with van der Waals surface area (Å²) >= 11 is 2.82. The fraction of sp³-hybridized carbons (Fsp3) is 0.278. The van der Waals surface area contributed by atoms with Crippen LogP contribution in [-0.4, -0.2) is 43.1 Å². The van der Waals surface area contributed by atoms with Crippen molar-refractivity contribution in [1.82, 2.24) is 15.8 Å². The average Bonchev–Trinajstić information content (AvgIpc) is 3.32. The van der Waals surface area contributed by atoms with E-state index in [2.05, 4.69) is 20.7 Å². The molecule has 3 heterocycles. The van der Waals surface area contributed by atoms with E-state index in [0.29, 0.717) is 18.1 Å². The van der Waals surface area contributed by atoms with Gasteiger partial charge in [0, 0.05) is 23.2 Å². The molecule has 140 valence electrons. The van der Waals surface area contributed by atoms with Crippen LogP contribution >= 0.6 is 22.7 Å². The second-order valence-corrected chi connectivity index (χ2v) is 7.96. The summed E-state index contributed by atoms with van der Waals surface area (Å²) in [4.78, 5) is 31.8. The van der Waals surface area contributed by atoms with Gasteiger partial charge < -0.3 is 9.64 Å². The van der Waals surface area contributed by atoms with Gasteiger partial charge in [-0.2, -0.15) is 0 Å². The Morgan fingerprint density at radius 3 is 2.67 bits per heavy atom. The number of hydrazine groups is 1. The number of anilines is 1. The number of aromatic nitrogens is 1. The van der Waals surface area contributed by atoms with E-state index in [-0.39, 0.29) is 11.6 Å². The Morgan fingerprint density at radius 2 is 1.89 bits per heavy atom. The summed E-state index contributed by atoms with van der Waals surface area (Å²) in [5, 5.41) is 3.53. The molecule has 0 radical (unpaired) electrons. The fourth-order valence-electron chi connectivity index (χ4n) is 2.89. The van der Waals surface area contributed by atoms with Crippen LogP contribution in [0.25, 0.3) is 10.1 Å². The highest BCUT2D eigenvalue weighted by Crippen LogP contribution is 2.30. The minimum absolute atomic E-state index is 0.287. The summed E-state index contributed by atoms with van der Waals surface area (Å²) in [6, 6.07) is 7.85. The molecular weight excluding hydrogens is 384 g/mol. The molecule has 2 aromatic heterocycles. The first-order chi connectivity index (χ1) is 13.1. The highest BCUT2D eigenvalue weighted by atomic mass is 32.1. The van der Waals surface area contributed by atoms with Gasteiger partial charge >= 0.3 is 0 Å². The quantitative estimate of drug-likeness (QED) is 0.658. The Morgan fingerprint density at radius 1 is 1.15 bits per heavy atom. The van der Waals surface area contributed by atoms with E-state index in [1.165, 1.54) is 22.7 Å². The van der Waals surface area contributed by atoms with Crippen molar-refractivity contribution >= 4 is 49.7 Å². The molecule has 4 rings (SSSR count). The molecule has 0 atom stereocenters. The van der Waals surface area contributed by atoms with Crippen LogP contribution in [0.1, 0.15) is 25.7 Å². The van der Waals surface area contributed by atoms with Gasteiger partial charge in [-0.05, 0) is 23.9 Å². The number of thiophene rings is 1. The summed E-state index contributed by atoms with van der Waals surface area (Å²) in [5.41, 5.74) is 6.14. The summed E-state index contributed by atoms with van der Waals surface area (Å²) in [6.45, 7) is 4.75. The van der Waals surface area contributed by atoms with Crippen LogP contribution in [0, 0.1) is 6.92 Å². The van der Waals surface area contributed by atoms with Gasteiger partial charge in [-0.25, -0.2) is 4.98 Å². The van der Waals surface area contributed by atoms with Crippen LogP contribution < -0.4 is 15.8 Å². The number of benzene rings is 1. The summed E-state index contributed by atoms with van der Waals surface area (Å²) in [5.74, 6) is -0.761. The van der Waals surface area contributed by atoms with Crippen molar-refractivity contribution in [2.45, 2.75) is 6.92 Å². The maximum atomic E-state index is 12.5. The van der Waals surface area contributed by atoms with E-state index in [1.807, 2.05) is 31.2 Å². The van der Waals surface area contributed by atoms with Crippen molar-refractivity contribution in [2.24, 2.45) is 0 Å². The smallest absolute Gasteiger partial charge is 0.289 e. The van der Waals surface area contributed by atoms with Crippen molar-refractivity contribution in [2.75, 3.05) is 31.2 Å². The molecule has 0 aliphatic carbocycles. The lowest BCUT2D eigenvalue weighted by Gasteiger charge is -2.25. The van der Waals surface area contributed by atoms with Crippen molar-refractivity contribution in [3.8, 4) is 0 Å². The predicted molar refractivity (Wildman–Crippen MR) is 107 cm³/mol. The molecule has 1 aliphatic rings. The molecule has 1 aromatic carbocycles. The normalized spacial score (nSPS) is 14.3. The first-order valence-electron chi connectivity index (χ1n) is 8.50. The number of fused-ring (bicyclic) bond motifs is 1. The van der Waals surface area contributed by atoms with Gasteiger partial charge in [0.05, 0.1) is 18.1 Å². The van der Waals surface area contributed by atoms with Crippen molar-refractivity contribution in [3.05, 3.63) is 45.8 Å². The lowest BCUT2D eigenvalue weighted by Crippen LogP contribution is -2.41. The number of nitrogens with one attached hydrogen (secondary N) is 2. The first-order valence-corrected chi connectivity index (χ1v) is 10.2. The number of amides is 2. The van der Waals surface area contributed by atoms with Gasteiger partial charge in [-0.1, -0.05) is 18.2 Å². The molecule has 27 heavy (non-hydrogen) atoms. The van der Waals surface area contributed by atoms with Crippen molar-refractivity contribution < 1.29 is 14.3 Å². The van der Waals surface area contributed by atoms with Crippen molar-refractivity contribution in [1.29, 1.82) is 0 Å². The van der Waals surface area contributed by atoms with Gasteiger partial charge in [-0.3, -0.25) is 20.4 Å². The van der Waals surface area contributed by atoms with Crippen LogP contribution in [0.4, 0.5) is 5.13 Å². The molecule has 9 heteroatoms. The van der Waals surface area contributed by atoms with Gasteiger partial charge in [0.2, 0.25) is 0 Å². The third kappa shape index (κ3) is 3.66. The van der Waals surface area contributed by atoms with Crippen LogP contribution in [0.15, 0.2) is 29.6 Å². The van der Waals surface area contributed by atoms with E-state index >= 15 is 0 Å². The Bertz CT molecular complexity index is 992. The molecule has 1 fully saturated rings. The Balaban J connectivity index is 1.40. The number of ether oxygens (including phenoxy) is 1. The molecule has 0 unspecified atom stereocenters. The van der Waals surface area contributed by atoms with Crippen molar-refractivity contribution in [3.63, 3.8) is 0 Å².